The number of carbonyl (C=O) groups is 1. The third-order valence-electron chi connectivity index (χ3n) is 5.74. The number of thiazole rings is 1. The zero-order chi connectivity index (χ0) is 23.6. The van der Waals surface area contributed by atoms with Gasteiger partial charge in [-0.25, -0.2) is 8.42 Å². The Morgan fingerprint density at radius 3 is 2.73 bits per heavy atom. The van der Waals surface area contributed by atoms with Gasteiger partial charge in [-0.2, -0.15) is 9.30 Å². The molecule has 1 atom stereocenters. The molecule has 0 aliphatic carbocycles. The van der Waals surface area contributed by atoms with E-state index in [-0.39, 0.29) is 23.9 Å². The van der Waals surface area contributed by atoms with E-state index in [9.17, 15) is 13.2 Å². The van der Waals surface area contributed by atoms with Gasteiger partial charge in [0.05, 0.1) is 34.7 Å². The van der Waals surface area contributed by atoms with Gasteiger partial charge in [0.25, 0.3) is 5.91 Å². The van der Waals surface area contributed by atoms with Crippen molar-refractivity contribution in [3.05, 3.63) is 52.8 Å². The van der Waals surface area contributed by atoms with E-state index in [1.807, 2.05) is 29.7 Å². The Balaban J connectivity index is 1.63. The molecule has 4 rings (SSSR count). The number of hydrogen-bond acceptors (Lipinski definition) is 5. The molecule has 1 aliphatic heterocycles. The Morgan fingerprint density at radius 1 is 1.27 bits per heavy atom. The van der Waals surface area contributed by atoms with Crippen molar-refractivity contribution < 1.29 is 17.9 Å². The number of nitrogens with zero attached hydrogens (tertiary/aromatic N) is 3. The number of piperidine rings is 1. The predicted octanol–water partition coefficient (Wildman–Crippen LogP) is 3.18. The summed E-state index contributed by atoms with van der Waals surface area (Å²) in [6, 6.07) is 12.4. The van der Waals surface area contributed by atoms with Gasteiger partial charge in [-0.3, -0.25) is 4.79 Å². The number of aromatic nitrogens is 1. The van der Waals surface area contributed by atoms with E-state index in [1.165, 1.54) is 15.6 Å². The molecule has 9 heteroatoms. The smallest absolute Gasteiger partial charge is 0.252 e. The second-order valence-electron chi connectivity index (χ2n) is 7.97. The molecule has 2 heterocycles. The molecule has 7 nitrogen and oxygen atoms in total. The normalized spacial score (nSPS) is 17.7. The van der Waals surface area contributed by atoms with Crippen molar-refractivity contribution in [1.82, 2.24) is 8.87 Å². The van der Waals surface area contributed by atoms with Crippen LogP contribution in [0.25, 0.3) is 10.2 Å². The second-order valence-corrected chi connectivity index (χ2v) is 10.9. The molecule has 0 bridgehead atoms. The molecular formula is C24H25N3O4S2. The van der Waals surface area contributed by atoms with Crippen LogP contribution in [0.2, 0.25) is 0 Å². The van der Waals surface area contributed by atoms with Crippen LogP contribution >= 0.6 is 11.3 Å². The molecule has 0 saturated carbocycles. The number of benzene rings is 2. The van der Waals surface area contributed by atoms with E-state index in [2.05, 4.69) is 10.9 Å². The fourth-order valence-corrected chi connectivity index (χ4v) is 6.50. The van der Waals surface area contributed by atoms with E-state index in [1.54, 1.807) is 31.4 Å². The topological polar surface area (TPSA) is 81.0 Å². The molecule has 1 aromatic heterocycles. The van der Waals surface area contributed by atoms with Crippen molar-refractivity contribution in [1.29, 1.82) is 0 Å². The highest BCUT2D eigenvalue weighted by molar-refractivity contribution is 7.89. The summed E-state index contributed by atoms with van der Waals surface area (Å²) in [5.41, 5.74) is 1.86. The molecule has 0 N–H and O–H groups in total. The largest absolute Gasteiger partial charge is 0.497 e. The Hall–Kier alpha value is -2.93. The first-order valence-electron chi connectivity index (χ1n) is 10.6. The van der Waals surface area contributed by atoms with E-state index < -0.39 is 15.9 Å². The van der Waals surface area contributed by atoms with E-state index in [0.29, 0.717) is 29.9 Å². The molecule has 172 valence electrons. The molecule has 0 radical (unpaired) electrons. The summed E-state index contributed by atoms with van der Waals surface area (Å²) in [7, 11) is -2.07. The number of methoxy groups -OCH3 is 1. The Morgan fingerprint density at radius 2 is 2.03 bits per heavy atom. The number of carbonyl (C=O) groups excluding carboxylic acids is 1. The summed E-state index contributed by atoms with van der Waals surface area (Å²) in [4.78, 5) is 18.2. The van der Waals surface area contributed by atoms with E-state index in [0.717, 1.165) is 15.8 Å². The maximum atomic E-state index is 13.1. The summed E-state index contributed by atoms with van der Waals surface area (Å²) < 4.78 is 35.6. The molecule has 1 amide bonds. The molecule has 3 aromatic rings. The van der Waals surface area contributed by atoms with Gasteiger partial charge in [-0.15, -0.1) is 6.42 Å². The van der Waals surface area contributed by atoms with Crippen molar-refractivity contribution in [2.45, 2.75) is 31.2 Å². The van der Waals surface area contributed by atoms with Crippen molar-refractivity contribution in [3.8, 4) is 18.1 Å². The van der Waals surface area contributed by atoms with Crippen LogP contribution in [0.15, 0.2) is 52.4 Å². The molecule has 0 spiro atoms. The summed E-state index contributed by atoms with van der Waals surface area (Å²) in [6.45, 7) is 2.69. The van der Waals surface area contributed by atoms with Gasteiger partial charge in [0.15, 0.2) is 4.80 Å². The minimum Gasteiger partial charge on any atom is -0.497 e. The van der Waals surface area contributed by atoms with Gasteiger partial charge in [-0.05, 0) is 50.1 Å². The zero-order valence-corrected chi connectivity index (χ0v) is 20.2. The van der Waals surface area contributed by atoms with Gasteiger partial charge < -0.3 is 9.30 Å². The number of rotatable bonds is 5. The van der Waals surface area contributed by atoms with Gasteiger partial charge in [-0.1, -0.05) is 35.0 Å². The van der Waals surface area contributed by atoms with Crippen LogP contribution < -0.4 is 9.54 Å². The molecule has 1 unspecified atom stereocenters. The van der Waals surface area contributed by atoms with Crippen LogP contribution in [-0.2, 0) is 21.4 Å². The lowest BCUT2D eigenvalue weighted by Gasteiger charge is -2.30. The monoisotopic (exact) mass is 483 g/mol. The minimum atomic E-state index is -3.67. The number of sulfonamides is 1. The lowest BCUT2D eigenvalue weighted by atomic mass is 9.99. The third-order valence-corrected chi connectivity index (χ3v) is 8.66. The van der Waals surface area contributed by atoms with E-state index in [4.69, 9.17) is 11.2 Å². The summed E-state index contributed by atoms with van der Waals surface area (Å²) >= 11 is 1.36. The van der Waals surface area contributed by atoms with Crippen molar-refractivity contribution in [2.75, 3.05) is 20.2 Å². The highest BCUT2D eigenvalue weighted by atomic mass is 32.2. The fraction of sp³-hybridized carbons (Fsp3) is 0.333. The van der Waals surface area contributed by atoms with Gasteiger partial charge in [0.2, 0.25) is 10.0 Å². The van der Waals surface area contributed by atoms with Crippen LogP contribution in [0.4, 0.5) is 0 Å². The number of hydrogen-bond donors (Lipinski definition) is 0. The van der Waals surface area contributed by atoms with Crippen molar-refractivity contribution in [3.63, 3.8) is 0 Å². The summed E-state index contributed by atoms with van der Waals surface area (Å²) in [5, 5.41) is 0. The summed E-state index contributed by atoms with van der Waals surface area (Å²) in [5.74, 6) is 2.49. The van der Waals surface area contributed by atoms with Crippen LogP contribution in [0, 0.1) is 25.2 Å². The van der Waals surface area contributed by atoms with Gasteiger partial charge in [0, 0.05) is 13.1 Å². The molecular weight excluding hydrogens is 458 g/mol. The van der Waals surface area contributed by atoms with E-state index >= 15 is 0 Å². The highest BCUT2D eigenvalue weighted by Gasteiger charge is 2.33. The minimum absolute atomic E-state index is 0.117. The van der Waals surface area contributed by atoms with Crippen LogP contribution in [0.5, 0.6) is 5.75 Å². The van der Waals surface area contributed by atoms with Crippen molar-refractivity contribution in [2.24, 2.45) is 10.9 Å². The Bertz CT molecular complexity index is 1400. The molecule has 2 aromatic carbocycles. The third kappa shape index (κ3) is 4.74. The Kier molecular flexibility index (Phi) is 6.70. The average Bonchev–Trinajstić information content (AvgIpc) is 3.15. The molecule has 1 saturated heterocycles. The summed E-state index contributed by atoms with van der Waals surface area (Å²) in [6.07, 6.45) is 6.74. The first-order valence-corrected chi connectivity index (χ1v) is 12.9. The number of amides is 1. The highest BCUT2D eigenvalue weighted by Crippen LogP contribution is 2.26. The van der Waals surface area contributed by atoms with Crippen LogP contribution in [0.3, 0.4) is 0 Å². The van der Waals surface area contributed by atoms with Gasteiger partial charge >= 0.3 is 0 Å². The predicted molar refractivity (Wildman–Crippen MR) is 128 cm³/mol. The number of aryl methyl sites for hydroxylation is 1. The molecule has 1 fully saturated rings. The second kappa shape index (κ2) is 9.51. The SMILES string of the molecule is C#CCn1c(=NC(=O)C2CCCN(S(=O)(=O)c3ccc(C)cc3)C2)sc2cc(OC)ccc21. The quantitative estimate of drug-likeness (QED) is 0.522. The fourth-order valence-electron chi connectivity index (χ4n) is 3.92. The number of ether oxygens (including phenoxy) is 1. The van der Waals surface area contributed by atoms with Gasteiger partial charge in [0.1, 0.15) is 5.75 Å². The van der Waals surface area contributed by atoms with Crippen molar-refractivity contribution >= 4 is 37.5 Å². The lowest BCUT2D eigenvalue weighted by molar-refractivity contribution is -0.122. The maximum absolute atomic E-state index is 13.1. The first kappa shape index (κ1) is 23.2. The lowest BCUT2D eigenvalue weighted by Crippen LogP contribution is -2.42. The molecule has 33 heavy (non-hydrogen) atoms. The van der Waals surface area contributed by atoms with Crippen LogP contribution in [-0.4, -0.2) is 43.4 Å². The zero-order valence-electron chi connectivity index (χ0n) is 18.5. The van der Waals surface area contributed by atoms with Crippen LogP contribution in [0.1, 0.15) is 18.4 Å². The number of fused-ring (bicyclic) bond motifs is 1. The standard InChI is InChI=1S/C24H25N3O4S2/c1-4-13-27-21-12-9-19(31-3)15-22(21)32-24(27)25-23(28)18-6-5-14-26(16-18)33(29,30)20-10-7-17(2)8-11-20/h1,7-12,15,18H,5-6,13-14,16H2,2-3H3. The maximum Gasteiger partial charge on any atom is 0.252 e. The Labute approximate surface area is 197 Å². The molecule has 1 aliphatic rings. The average molecular weight is 484 g/mol. The first-order chi connectivity index (χ1) is 15.8. The number of terminal acetylenes is 1.